The van der Waals surface area contributed by atoms with Crippen LogP contribution in [-0.4, -0.2) is 79.2 Å². The molecule has 0 spiro atoms. The Morgan fingerprint density at radius 3 is 2.56 bits per heavy atom. The van der Waals surface area contributed by atoms with E-state index in [9.17, 15) is 0 Å². The molecule has 3 aromatic heterocycles. The second-order valence-electron chi connectivity index (χ2n) is 7.94. The summed E-state index contributed by atoms with van der Waals surface area (Å²) in [5, 5.41) is 13.4. The van der Waals surface area contributed by atoms with E-state index in [1.54, 1.807) is 18.2 Å². The molecule has 0 atom stereocenters. The molecule has 0 saturated carbocycles. The number of piperazine rings is 1. The van der Waals surface area contributed by atoms with Crippen molar-refractivity contribution in [3.05, 3.63) is 46.5 Å². The number of β-amino-alcohol motifs (C(OH)–C–C–N with tert-alkyl or cyclic N) is 1. The number of fused-ring (bicyclic) bond motifs is 1. The highest BCUT2D eigenvalue weighted by atomic mass is 35.5. The number of aromatic amines is 1. The number of hydrogen-bond acceptors (Lipinski definition) is 9. The molecule has 34 heavy (non-hydrogen) atoms. The van der Waals surface area contributed by atoms with Crippen LogP contribution in [-0.2, 0) is 0 Å². The number of benzene rings is 1. The third kappa shape index (κ3) is 4.62. The van der Waals surface area contributed by atoms with Gasteiger partial charge in [-0.05, 0) is 19.1 Å². The molecule has 3 N–H and O–H groups in total. The van der Waals surface area contributed by atoms with Gasteiger partial charge in [0, 0.05) is 38.8 Å². The zero-order valence-corrected chi connectivity index (χ0v) is 20.0. The molecule has 1 fully saturated rings. The van der Waals surface area contributed by atoms with Crippen LogP contribution in [0.25, 0.3) is 22.6 Å². The number of anilines is 3. The van der Waals surface area contributed by atoms with Gasteiger partial charge in [-0.3, -0.25) is 4.90 Å². The highest BCUT2D eigenvalue weighted by molar-refractivity contribution is 6.39. The van der Waals surface area contributed by atoms with Crippen LogP contribution in [0.4, 0.5) is 17.5 Å². The van der Waals surface area contributed by atoms with E-state index in [-0.39, 0.29) is 6.61 Å². The Hall–Kier alpha value is -3.05. The lowest BCUT2D eigenvalue weighted by atomic mass is 10.2. The van der Waals surface area contributed by atoms with E-state index in [0.29, 0.717) is 56.6 Å². The van der Waals surface area contributed by atoms with E-state index in [4.69, 9.17) is 28.3 Å². The largest absolute Gasteiger partial charge is 0.395 e. The van der Waals surface area contributed by atoms with E-state index in [1.165, 1.54) is 6.33 Å². The quantitative estimate of drug-likeness (QED) is 0.367. The van der Waals surface area contributed by atoms with Crippen LogP contribution in [0.15, 0.2) is 30.6 Å². The summed E-state index contributed by atoms with van der Waals surface area (Å²) >= 11 is 12.7. The maximum Gasteiger partial charge on any atom is 0.183 e. The maximum atomic E-state index is 9.17. The molecule has 10 nitrogen and oxygen atoms in total. The fraction of sp³-hybridized carbons (Fsp3) is 0.318. The van der Waals surface area contributed by atoms with E-state index in [2.05, 4.69) is 45.0 Å². The van der Waals surface area contributed by atoms with Crippen LogP contribution in [0.2, 0.25) is 10.0 Å². The van der Waals surface area contributed by atoms with Gasteiger partial charge < -0.3 is 20.3 Å². The smallest absolute Gasteiger partial charge is 0.183 e. The fourth-order valence-electron chi connectivity index (χ4n) is 4.01. The second-order valence-corrected chi connectivity index (χ2v) is 8.75. The number of aromatic nitrogens is 6. The highest BCUT2D eigenvalue weighted by Crippen LogP contribution is 2.34. The summed E-state index contributed by atoms with van der Waals surface area (Å²) < 4.78 is 0. The maximum absolute atomic E-state index is 9.17. The van der Waals surface area contributed by atoms with Crippen LogP contribution < -0.4 is 10.2 Å². The van der Waals surface area contributed by atoms with Gasteiger partial charge in [-0.2, -0.15) is 0 Å². The monoisotopic (exact) mass is 499 g/mol. The first-order valence-electron chi connectivity index (χ1n) is 10.9. The Morgan fingerprint density at radius 1 is 1.06 bits per heavy atom. The molecule has 0 unspecified atom stereocenters. The van der Waals surface area contributed by atoms with Gasteiger partial charge in [0.15, 0.2) is 11.5 Å². The number of hydrogen-bond donors (Lipinski definition) is 3. The van der Waals surface area contributed by atoms with Crippen molar-refractivity contribution in [1.29, 1.82) is 0 Å². The van der Waals surface area contributed by atoms with Gasteiger partial charge in [-0.25, -0.2) is 24.9 Å². The number of nitrogens with one attached hydrogen (secondary N) is 2. The molecule has 5 rings (SSSR count). The van der Waals surface area contributed by atoms with Gasteiger partial charge in [0.05, 0.1) is 22.2 Å². The molecule has 1 aliphatic heterocycles. The SMILES string of the molecule is Cc1nc(Nc2ncnc3nc(-c4c(Cl)cccc4Cl)[nH]c23)cc(N2CCN(CCO)CC2)n1. The van der Waals surface area contributed by atoms with Gasteiger partial charge in [0.25, 0.3) is 0 Å². The first kappa shape index (κ1) is 22.7. The molecule has 0 radical (unpaired) electrons. The zero-order chi connectivity index (χ0) is 23.7. The lowest BCUT2D eigenvalue weighted by Crippen LogP contribution is -2.47. The number of nitrogens with zero attached hydrogens (tertiary/aromatic N) is 7. The minimum absolute atomic E-state index is 0.173. The van der Waals surface area contributed by atoms with Gasteiger partial charge in [0.1, 0.15) is 35.1 Å². The van der Waals surface area contributed by atoms with Crippen molar-refractivity contribution < 1.29 is 5.11 Å². The topological polar surface area (TPSA) is 119 Å². The Balaban J connectivity index is 1.43. The standard InChI is InChI=1S/C22H23Cl2N9O/c1-13-27-16(11-17(28-13)33-7-5-32(6-8-33)9-10-34)29-21-19-22(26-12-25-21)31-20(30-19)18-14(23)3-2-4-15(18)24/h2-4,11-12,34H,5-10H2,1H3,(H2,25,26,27,28,29,30,31). The third-order valence-electron chi connectivity index (χ3n) is 5.67. The van der Waals surface area contributed by atoms with Gasteiger partial charge in [-0.1, -0.05) is 29.3 Å². The third-order valence-corrected chi connectivity index (χ3v) is 6.30. The first-order chi connectivity index (χ1) is 16.5. The van der Waals surface area contributed by atoms with Crippen LogP contribution >= 0.6 is 23.2 Å². The Kier molecular flexibility index (Phi) is 6.46. The molecule has 4 heterocycles. The van der Waals surface area contributed by atoms with Crippen LogP contribution in [0.1, 0.15) is 5.82 Å². The molecular weight excluding hydrogens is 477 g/mol. The van der Waals surface area contributed by atoms with Gasteiger partial charge in [0.2, 0.25) is 0 Å². The van der Waals surface area contributed by atoms with E-state index in [1.807, 2.05) is 13.0 Å². The molecule has 1 aliphatic rings. The number of H-pyrrole nitrogens is 1. The number of rotatable bonds is 6. The zero-order valence-electron chi connectivity index (χ0n) is 18.5. The Morgan fingerprint density at radius 2 is 1.82 bits per heavy atom. The fourth-order valence-corrected chi connectivity index (χ4v) is 4.58. The molecule has 176 valence electrons. The summed E-state index contributed by atoms with van der Waals surface area (Å²) in [5.41, 5.74) is 1.70. The van der Waals surface area contributed by atoms with Crippen molar-refractivity contribution in [2.75, 3.05) is 49.5 Å². The normalized spacial score (nSPS) is 14.6. The summed E-state index contributed by atoms with van der Waals surface area (Å²) in [7, 11) is 0. The molecule has 12 heteroatoms. The minimum Gasteiger partial charge on any atom is -0.395 e. The number of aryl methyl sites for hydroxylation is 1. The lowest BCUT2D eigenvalue weighted by molar-refractivity contribution is 0.188. The summed E-state index contributed by atoms with van der Waals surface area (Å²) in [5.74, 6) is 3.15. The van der Waals surface area contributed by atoms with Crippen molar-refractivity contribution in [3.8, 4) is 11.4 Å². The van der Waals surface area contributed by atoms with Crippen molar-refractivity contribution in [2.45, 2.75) is 6.92 Å². The van der Waals surface area contributed by atoms with E-state index >= 15 is 0 Å². The second kappa shape index (κ2) is 9.67. The van der Waals surface area contributed by atoms with E-state index < -0.39 is 0 Å². The summed E-state index contributed by atoms with van der Waals surface area (Å²) in [4.78, 5) is 30.1. The average Bonchev–Trinajstić information content (AvgIpc) is 3.24. The summed E-state index contributed by atoms with van der Waals surface area (Å²) in [6.45, 7) is 6.14. The molecule has 4 aromatic rings. The number of imidazole rings is 1. The number of aliphatic hydroxyl groups is 1. The Bertz CT molecular complexity index is 1300. The lowest BCUT2D eigenvalue weighted by Gasteiger charge is -2.35. The van der Waals surface area contributed by atoms with Crippen LogP contribution in [0.3, 0.4) is 0 Å². The molecule has 1 saturated heterocycles. The number of halogens is 2. The molecule has 1 aromatic carbocycles. The molecule has 0 amide bonds. The molecule has 0 aliphatic carbocycles. The van der Waals surface area contributed by atoms with Crippen molar-refractivity contribution >= 4 is 51.8 Å². The summed E-state index contributed by atoms with van der Waals surface area (Å²) in [6.07, 6.45) is 1.44. The van der Waals surface area contributed by atoms with Crippen molar-refractivity contribution in [2.24, 2.45) is 0 Å². The van der Waals surface area contributed by atoms with Crippen LogP contribution in [0.5, 0.6) is 0 Å². The van der Waals surface area contributed by atoms with Gasteiger partial charge in [-0.15, -0.1) is 0 Å². The molecular formula is C22H23Cl2N9O. The van der Waals surface area contributed by atoms with Gasteiger partial charge >= 0.3 is 0 Å². The van der Waals surface area contributed by atoms with Crippen molar-refractivity contribution in [3.63, 3.8) is 0 Å². The summed E-state index contributed by atoms with van der Waals surface area (Å²) in [6, 6.07) is 7.21. The highest BCUT2D eigenvalue weighted by Gasteiger charge is 2.20. The molecule has 0 bridgehead atoms. The van der Waals surface area contributed by atoms with Crippen LogP contribution in [0, 0.1) is 6.92 Å². The number of aliphatic hydroxyl groups excluding tert-OH is 1. The Labute approximate surface area is 206 Å². The van der Waals surface area contributed by atoms with Crippen molar-refractivity contribution in [1.82, 2.24) is 34.8 Å². The predicted molar refractivity (Wildman–Crippen MR) is 133 cm³/mol. The predicted octanol–water partition coefficient (Wildman–Crippen LogP) is 3.28. The average molecular weight is 500 g/mol. The minimum atomic E-state index is 0.173. The van der Waals surface area contributed by atoms with E-state index in [0.717, 1.165) is 32.0 Å². The first-order valence-corrected chi connectivity index (χ1v) is 11.6.